The maximum Gasteiger partial charge on any atom is 0.589 e. The molecule has 1 fully saturated rings. The highest BCUT2D eigenvalue weighted by Crippen LogP contribution is 2.44. The lowest BCUT2D eigenvalue weighted by Gasteiger charge is -2.13. The van der Waals surface area contributed by atoms with Crippen molar-refractivity contribution in [1.82, 2.24) is 0 Å². The minimum absolute atomic E-state index is 0.377. The Labute approximate surface area is 72.2 Å². The van der Waals surface area contributed by atoms with Crippen LogP contribution in [0.5, 0.6) is 0 Å². The molecule has 0 spiro atoms. The largest absolute Gasteiger partial charge is 0.589 e. The molecular weight excluding hydrogens is 203 g/mol. The zero-order chi connectivity index (χ0) is 10.1. The molecule has 1 aliphatic rings. The summed E-state index contributed by atoms with van der Waals surface area (Å²) in [4.78, 5) is 40.5. The lowest BCUT2D eigenvalue weighted by molar-refractivity contribution is -0.152. The van der Waals surface area contributed by atoms with Crippen molar-refractivity contribution in [3.63, 3.8) is 0 Å². The van der Waals surface area contributed by atoms with E-state index in [4.69, 9.17) is 4.89 Å². The van der Waals surface area contributed by atoms with E-state index in [0.29, 0.717) is 0 Å². The molecule has 1 saturated heterocycles. The molecule has 1 N–H and O–H groups in total. The van der Waals surface area contributed by atoms with Gasteiger partial charge in [-0.3, -0.25) is 14.5 Å². The Hall–Kier alpha value is -1.20. The van der Waals surface area contributed by atoms with Crippen molar-refractivity contribution in [2.45, 2.75) is 12.8 Å². The average molecular weight is 208 g/mol. The van der Waals surface area contributed by atoms with Gasteiger partial charge in [0.1, 0.15) is 0 Å². The van der Waals surface area contributed by atoms with Crippen molar-refractivity contribution in [1.29, 1.82) is 0 Å². The van der Waals surface area contributed by atoms with Crippen LogP contribution in [0.1, 0.15) is 12.8 Å². The monoisotopic (exact) mass is 208 g/mol. The molecule has 0 amide bonds. The third kappa shape index (κ3) is 2.64. The van der Waals surface area contributed by atoms with Crippen LogP contribution in [-0.2, 0) is 28.0 Å². The van der Waals surface area contributed by atoms with Crippen LogP contribution in [0.2, 0.25) is 0 Å². The van der Waals surface area contributed by atoms with Crippen LogP contribution < -0.4 is 0 Å². The Morgan fingerprint density at radius 1 is 1.15 bits per heavy atom. The quantitative estimate of drug-likeness (QED) is 0.423. The van der Waals surface area contributed by atoms with E-state index in [0.717, 1.165) is 0 Å². The lowest BCUT2D eigenvalue weighted by atomic mass is 10.2. The van der Waals surface area contributed by atoms with Crippen molar-refractivity contribution in [3.05, 3.63) is 0 Å². The van der Waals surface area contributed by atoms with Gasteiger partial charge in [0.25, 0.3) is 0 Å². The summed E-state index contributed by atoms with van der Waals surface area (Å²) in [5.74, 6) is -3.53. The highest BCUT2D eigenvalue weighted by atomic mass is 31.2. The predicted octanol–water partition coefficient (Wildman–Crippen LogP) is -0.464. The summed E-state index contributed by atoms with van der Waals surface area (Å²) < 4.78 is 18.3. The summed E-state index contributed by atoms with van der Waals surface area (Å²) in [6, 6.07) is 0. The summed E-state index contributed by atoms with van der Waals surface area (Å²) in [6.07, 6.45) is -0.782. The molecule has 1 atom stereocenters. The number of hydrogen-bond acceptors (Lipinski definition) is 6. The third-order valence-corrected chi connectivity index (χ3v) is 2.03. The minimum Gasteiger partial charge on any atom is -0.361 e. The number of carbonyl (C=O) groups excluding carboxylic acids is 3. The molecule has 0 radical (unpaired) electrons. The van der Waals surface area contributed by atoms with E-state index in [1.54, 1.807) is 0 Å². The van der Waals surface area contributed by atoms with Crippen molar-refractivity contribution in [2.24, 2.45) is 0 Å². The summed E-state index contributed by atoms with van der Waals surface area (Å²) in [6.45, 7) is 0. The van der Waals surface area contributed by atoms with E-state index in [9.17, 15) is 18.9 Å². The van der Waals surface area contributed by atoms with Gasteiger partial charge in [0.15, 0.2) is 0 Å². The predicted molar refractivity (Wildman–Crippen MR) is 36.3 cm³/mol. The van der Waals surface area contributed by atoms with Crippen LogP contribution >= 0.6 is 7.82 Å². The fraction of sp³-hybridized carbons (Fsp3) is 0.400. The first-order valence-corrected chi connectivity index (χ1v) is 4.72. The van der Waals surface area contributed by atoms with Crippen LogP contribution in [0.25, 0.3) is 0 Å². The molecule has 7 nitrogen and oxygen atoms in total. The molecule has 1 aliphatic heterocycles. The van der Waals surface area contributed by atoms with E-state index in [2.05, 4.69) is 9.05 Å². The van der Waals surface area contributed by atoms with Crippen LogP contribution in [-0.4, -0.2) is 22.6 Å². The summed E-state index contributed by atoms with van der Waals surface area (Å²) in [5.41, 5.74) is 0. The number of rotatable bonds is 0. The molecule has 0 saturated carbocycles. The van der Waals surface area contributed by atoms with Crippen LogP contribution in [0.3, 0.4) is 0 Å². The molecule has 0 aliphatic carbocycles. The van der Waals surface area contributed by atoms with Gasteiger partial charge in [-0.15, -0.1) is 0 Å². The Balaban J connectivity index is 2.85. The maximum atomic E-state index is 10.7. The SMILES string of the molecule is O=C1CCC(=O)C(=O)OP(=O)(O)O1. The van der Waals surface area contributed by atoms with Crippen molar-refractivity contribution in [2.75, 3.05) is 0 Å². The molecule has 0 aromatic carbocycles. The number of phosphoric ester groups is 1. The zero-order valence-electron chi connectivity index (χ0n) is 6.26. The zero-order valence-corrected chi connectivity index (χ0v) is 7.15. The molecule has 1 unspecified atom stereocenters. The number of phosphoric acid groups is 1. The fourth-order valence-electron chi connectivity index (χ4n) is 0.666. The molecule has 72 valence electrons. The molecule has 13 heavy (non-hydrogen) atoms. The fourth-order valence-corrected chi connectivity index (χ4v) is 1.36. The van der Waals surface area contributed by atoms with E-state index in [1.807, 2.05) is 0 Å². The molecule has 0 bridgehead atoms. The van der Waals surface area contributed by atoms with Crippen molar-refractivity contribution >= 4 is 25.5 Å². The summed E-state index contributed by atoms with van der Waals surface area (Å²) in [5, 5.41) is 0. The lowest BCUT2D eigenvalue weighted by Crippen LogP contribution is -2.21. The molecule has 8 heteroatoms. The molecule has 0 aromatic heterocycles. The Morgan fingerprint density at radius 2 is 1.77 bits per heavy atom. The van der Waals surface area contributed by atoms with Crippen molar-refractivity contribution in [3.8, 4) is 0 Å². The smallest absolute Gasteiger partial charge is 0.361 e. The first kappa shape index (κ1) is 9.88. The number of Topliss-reactive ketones (excluding diaryl/α,β-unsaturated/α-hetero) is 1. The molecule has 1 rings (SSSR count). The van der Waals surface area contributed by atoms with Gasteiger partial charge < -0.3 is 9.05 Å². The molecule has 0 aromatic rings. The van der Waals surface area contributed by atoms with E-state index < -0.39 is 32.0 Å². The van der Waals surface area contributed by atoms with E-state index >= 15 is 0 Å². The Morgan fingerprint density at radius 3 is 2.38 bits per heavy atom. The van der Waals surface area contributed by atoms with E-state index in [-0.39, 0.29) is 6.42 Å². The van der Waals surface area contributed by atoms with Gasteiger partial charge in [-0.05, 0) is 0 Å². The normalized spacial score (nSPS) is 30.1. The maximum absolute atomic E-state index is 10.7. The second-order valence-corrected chi connectivity index (χ2v) is 3.54. The molecule has 1 heterocycles. The number of hydrogen-bond donors (Lipinski definition) is 1. The average Bonchev–Trinajstić information content (AvgIpc) is 1.96. The van der Waals surface area contributed by atoms with Gasteiger partial charge >= 0.3 is 19.8 Å². The van der Waals surface area contributed by atoms with Gasteiger partial charge in [0, 0.05) is 6.42 Å². The standard InChI is InChI=1S/C5H5O7P/c6-3-1-2-4(7)11-13(9,10)12-5(3)8/h1-2H2,(H,9,10). The highest BCUT2D eigenvalue weighted by Gasteiger charge is 2.36. The number of ketones is 1. The first-order valence-electron chi connectivity index (χ1n) is 3.23. The highest BCUT2D eigenvalue weighted by molar-refractivity contribution is 7.48. The van der Waals surface area contributed by atoms with Gasteiger partial charge in [-0.2, -0.15) is 0 Å². The second-order valence-electron chi connectivity index (χ2n) is 2.23. The Bertz CT molecular complexity index is 319. The summed E-state index contributed by atoms with van der Waals surface area (Å²) in [7, 11) is -4.73. The van der Waals surface area contributed by atoms with Crippen LogP contribution in [0.4, 0.5) is 0 Å². The van der Waals surface area contributed by atoms with Gasteiger partial charge in [-0.1, -0.05) is 0 Å². The third-order valence-electron chi connectivity index (χ3n) is 1.20. The van der Waals surface area contributed by atoms with E-state index in [1.165, 1.54) is 0 Å². The van der Waals surface area contributed by atoms with Gasteiger partial charge in [-0.25, -0.2) is 9.36 Å². The van der Waals surface area contributed by atoms with Gasteiger partial charge in [0.2, 0.25) is 5.78 Å². The molecular formula is C5H5O7P. The van der Waals surface area contributed by atoms with Crippen LogP contribution in [0, 0.1) is 0 Å². The summed E-state index contributed by atoms with van der Waals surface area (Å²) >= 11 is 0. The minimum atomic E-state index is -4.73. The number of carbonyl (C=O) groups is 3. The topological polar surface area (TPSA) is 107 Å². The van der Waals surface area contributed by atoms with Crippen LogP contribution in [0.15, 0.2) is 0 Å². The Kier molecular flexibility index (Phi) is 2.49. The second kappa shape index (κ2) is 3.27. The van der Waals surface area contributed by atoms with Gasteiger partial charge in [0.05, 0.1) is 6.42 Å². The first-order chi connectivity index (χ1) is 5.91. The van der Waals surface area contributed by atoms with Crippen molar-refractivity contribution < 1.29 is 32.9 Å².